The van der Waals surface area contributed by atoms with E-state index < -0.39 is 0 Å². The standard InChI is InChI=1S/C13H20N6O2/c1-5-14-13(15-6-11-18-10(4)21-19-11)16-7-12-17-8(2)9(3)20-12/h5-7H2,1-4H3,(H2,14,15,16). The molecule has 0 aliphatic heterocycles. The van der Waals surface area contributed by atoms with Gasteiger partial charge in [-0.15, -0.1) is 0 Å². The Morgan fingerprint density at radius 2 is 2.00 bits per heavy atom. The molecule has 0 aromatic carbocycles. The van der Waals surface area contributed by atoms with Crippen LogP contribution in [0.4, 0.5) is 0 Å². The maximum absolute atomic E-state index is 5.51. The third-order valence-electron chi connectivity index (χ3n) is 2.77. The molecule has 2 aromatic heterocycles. The molecule has 0 bridgehead atoms. The van der Waals surface area contributed by atoms with Gasteiger partial charge in [0.15, 0.2) is 11.8 Å². The number of aliphatic imine (C=N–C) groups is 1. The van der Waals surface area contributed by atoms with Crippen molar-refractivity contribution in [1.82, 2.24) is 25.8 Å². The van der Waals surface area contributed by atoms with Gasteiger partial charge in [-0.3, -0.25) is 0 Å². The molecule has 21 heavy (non-hydrogen) atoms. The van der Waals surface area contributed by atoms with Crippen molar-refractivity contribution in [1.29, 1.82) is 0 Å². The van der Waals surface area contributed by atoms with Crippen molar-refractivity contribution in [3.05, 3.63) is 29.1 Å². The van der Waals surface area contributed by atoms with Crippen LogP contribution >= 0.6 is 0 Å². The molecule has 2 heterocycles. The van der Waals surface area contributed by atoms with Crippen LogP contribution in [0.25, 0.3) is 0 Å². The first-order chi connectivity index (χ1) is 10.1. The molecule has 0 unspecified atom stereocenters. The minimum Gasteiger partial charge on any atom is -0.444 e. The Morgan fingerprint density at radius 3 is 2.57 bits per heavy atom. The molecule has 0 atom stereocenters. The molecule has 0 fully saturated rings. The van der Waals surface area contributed by atoms with E-state index in [4.69, 9.17) is 8.94 Å². The van der Waals surface area contributed by atoms with Gasteiger partial charge in [-0.2, -0.15) is 4.98 Å². The van der Waals surface area contributed by atoms with Crippen LogP contribution in [-0.2, 0) is 13.1 Å². The summed E-state index contributed by atoms with van der Waals surface area (Å²) in [5.41, 5.74) is 0.899. The maximum Gasteiger partial charge on any atom is 0.223 e. The summed E-state index contributed by atoms with van der Waals surface area (Å²) in [6, 6.07) is 0. The molecule has 0 saturated carbocycles. The van der Waals surface area contributed by atoms with Crippen LogP contribution in [0.3, 0.4) is 0 Å². The highest BCUT2D eigenvalue weighted by Crippen LogP contribution is 2.07. The number of hydrogen-bond acceptors (Lipinski definition) is 6. The Balaban J connectivity index is 1.94. The molecule has 0 aliphatic carbocycles. The lowest BCUT2D eigenvalue weighted by atomic mass is 10.4. The number of oxazole rings is 1. The Hall–Kier alpha value is -2.38. The predicted octanol–water partition coefficient (Wildman–Crippen LogP) is 1.24. The lowest BCUT2D eigenvalue weighted by Gasteiger charge is -2.08. The second-order valence-electron chi connectivity index (χ2n) is 4.53. The highest BCUT2D eigenvalue weighted by molar-refractivity contribution is 5.79. The third kappa shape index (κ3) is 4.30. The fourth-order valence-electron chi connectivity index (χ4n) is 1.67. The molecule has 8 heteroatoms. The summed E-state index contributed by atoms with van der Waals surface area (Å²) in [5.74, 6) is 3.19. The minimum atomic E-state index is 0.344. The first-order valence-electron chi connectivity index (χ1n) is 6.82. The van der Waals surface area contributed by atoms with E-state index in [-0.39, 0.29) is 0 Å². The highest BCUT2D eigenvalue weighted by Gasteiger charge is 2.07. The lowest BCUT2D eigenvalue weighted by Crippen LogP contribution is -2.36. The van der Waals surface area contributed by atoms with Crippen LogP contribution in [0.5, 0.6) is 0 Å². The number of rotatable bonds is 5. The first kappa shape index (κ1) is 15.0. The highest BCUT2D eigenvalue weighted by atomic mass is 16.5. The summed E-state index contributed by atoms with van der Waals surface area (Å²) < 4.78 is 10.4. The van der Waals surface area contributed by atoms with E-state index >= 15 is 0 Å². The lowest BCUT2D eigenvalue weighted by molar-refractivity contribution is 0.387. The SMILES string of the molecule is CCNC(=NCc1noc(C)n1)NCc1nc(C)c(C)o1. The summed E-state index contributed by atoms with van der Waals surface area (Å²) in [7, 11) is 0. The fourth-order valence-corrected chi connectivity index (χ4v) is 1.67. The minimum absolute atomic E-state index is 0.344. The van der Waals surface area contributed by atoms with Crippen molar-refractivity contribution in [2.75, 3.05) is 6.54 Å². The van der Waals surface area contributed by atoms with Gasteiger partial charge in [0.25, 0.3) is 0 Å². The smallest absolute Gasteiger partial charge is 0.223 e. The van der Waals surface area contributed by atoms with Crippen LogP contribution in [-0.4, -0.2) is 27.6 Å². The number of aromatic nitrogens is 3. The summed E-state index contributed by atoms with van der Waals surface area (Å²) in [4.78, 5) is 12.8. The third-order valence-corrected chi connectivity index (χ3v) is 2.77. The summed E-state index contributed by atoms with van der Waals surface area (Å²) in [6.45, 7) is 9.11. The molecule has 2 rings (SSSR count). The molecule has 8 nitrogen and oxygen atoms in total. The van der Waals surface area contributed by atoms with Gasteiger partial charge in [-0.25, -0.2) is 9.98 Å². The molecule has 2 N–H and O–H groups in total. The quantitative estimate of drug-likeness (QED) is 0.631. The van der Waals surface area contributed by atoms with Crippen molar-refractivity contribution in [3.8, 4) is 0 Å². The van der Waals surface area contributed by atoms with E-state index in [9.17, 15) is 0 Å². The number of nitrogens with one attached hydrogen (secondary N) is 2. The van der Waals surface area contributed by atoms with Gasteiger partial charge in [0.2, 0.25) is 11.8 Å². The molecule has 2 aromatic rings. The molecule has 0 radical (unpaired) electrons. The maximum atomic E-state index is 5.51. The molecular formula is C13H20N6O2. The van der Waals surface area contributed by atoms with Crippen molar-refractivity contribution in [2.24, 2.45) is 4.99 Å². The number of guanidine groups is 1. The second kappa shape index (κ2) is 6.87. The van der Waals surface area contributed by atoms with E-state index in [0.29, 0.717) is 36.7 Å². The number of hydrogen-bond donors (Lipinski definition) is 2. The van der Waals surface area contributed by atoms with Gasteiger partial charge in [0, 0.05) is 13.5 Å². The Bertz CT molecular complexity index is 596. The van der Waals surface area contributed by atoms with Gasteiger partial charge in [-0.05, 0) is 20.8 Å². The van der Waals surface area contributed by atoms with Crippen molar-refractivity contribution in [2.45, 2.75) is 40.8 Å². The molecule has 114 valence electrons. The monoisotopic (exact) mass is 292 g/mol. The molecule has 0 aliphatic rings. The zero-order chi connectivity index (χ0) is 15.2. The fraction of sp³-hybridized carbons (Fsp3) is 0.538. The average molecular weight is 292 g/mol. The van der Waals surface area contributed by atoms with E-state index in [2.05, 4.69) is 30.8 Å². The Labute approximate surface area is 123 Å². The molecule has 0 saturated heterocycles. The van der Waals surface area contributed by atoms with Crippen LogP contribution in [0.15, 0.2) is 13.9 Å². The van der Waals surface area contributed by atoms with Crippen LogP contribution in [0.1, 0.15) is 36.0 Å². The van der Waals surface area contributed by atoms with Crippen LogP contribution in [0, 0.1) is 20.8 Å². The first-order valence-corrected chi connectivity index (χ1v) is 6.82. The molecule has 0 spiro atoms. The number of aryl methyl sites for hydroxylation is 3. The number of nitrogens with zero attached hydrogens (tertiary/aromatic N) is 4. The summed E-state index contributed by atoms with van der Waals surface area (Å²) in [6.07, 6.45) is 0. The van der Waals surface area contributed by atoms with Crippen molar-refractivity contribution < 1.29 is 8.94 Å². The topological polar surface area (TPSA) is 101 Å². The largest absolute Gasteiger partial charge is 0.444 e. The van der Waals surface area contributed by atoms with E-state index in [1.54, 1.807) is 6.92 Å². The normalized spacial score (nSPS) is 11.7. The van der Waals surface area contributed by atoms with Gasteiger partial charge in [-0.1, -0.05) is 5.16 Å². The zero-order valence-corrected chi connectivity index (χ0v) is 12.7. The van der Waals surface area contributed by atoms with Gasteiger partial charge >= 0.3 is 0 Å². The Kier molecular flexibility index (Phi) is 4.91. The predicted molar refractivity (Wildman–Crippen MR) is 76.7 cm³/mol. The second-order valence-corrected chi connectivity index (χ2v) is 4.53. The van der Waals surface area contributed by atoms with Gasteiger partial charge in [0.05, 0.1) is 12.2 Å². The Morgan fingerprint density at radius 1 is 1.19 bits per heavy atom. The van der Waals surface area contributed by atoms with Crippen molar-refractivity contribution in [3.63, 3.8) is 0 Å². The van der Waals surface area contributed by atoms with Gasteiger partial charge < -0.3 is 19.6 Å². The summed E-state index contributed by atoms with van der Waals surface area (Å²) in [5, 5.41) is 10.1. The summed E-state index contributed by atoms with van der Waals surface area (Å²) >= 11 is 0. The zero-order valence-electron chi connectivity index (χ0n) is 12.7. The van der Waals surface area contributed by atoms with E-state index in [0.717, 1.165) is 18.0 Å². The van der Waals surface area contributed by atoms with Crippen LogP contribution in [0.2, 0.25) is 0 Å². The van der Waals surface area contributed by atoms with Gasteiger partial charge in [0.1, 0.15) is 12.3 Å². The van der Waals surface area contributed by atoms with E-state index in [1.165, 1.54) is 0 Å². The average Bonchev–Trinajstić information content (AvgIpc) is 3.00. The van der Waals surface area contributed by atoms with E-state index in [1.807, 2.05) is 20.8 Å². The van der Waals surface area contributed by atoms with Crippen molar-refractivity contribution >= 4 is 5.96 Å². The molecule has 0 amide bonds. The van der Waals surface area contributed by atoms with Crippen LogP contribution < -0.4 is 10.6 Å². The molecular weight excluding hydrogens is 272 g/mol.